The molecule has 26 heavy (non-hydrogen) atoms. The van der Waals surface area contributed by atoms with Gasteiger partial charge >= 0.3 is 5.97 Å². The van der Waals surface area contributed by atoms with Crippen molar-refractivity contribution in [3.05, 3.63) is 75.4 Å². The fourth-order valence-electron chi connectivity index (χ4n) is 2.52. The fraction of sp³-hybridized carbons (Fsp3) is 0.0556. The number of halogens is 2. The number of nitrogens with zero attached hydrogens (tertiary/aromatic N) is 1. The standard InChI is InChI=1S/C18H11ClFNO3S2/c19-12-7-4-8-13(20)11(12)9-14-16(22)21(18(25)26-14)15(17(23)24)10-5-2-1-3-6-10/h1-9,15H,(H,23,24)/b14-9+/t15-/m1/s1. The molecule has 1 saturated heterocycles. The SMILES string of the molecule is O=C(O)[C@@H](c1ccccc1)N1C(=O)/C(=C\c2c(F)cccc2Cl)SC1=S. The lowest BCUT2D eigenvalue weighted by atomic mass is 10.1. The largest absolute Gasteiger partial charge is 0.479 e. The third-order valence-corrected chi connectivity index (χ3v) is 5.37. The summed E-state index contributed by atoms with van der Waals surface area (Å²) in [4.78, 5) is 25.7. The molecule has 0 aromatic heterocycles. The highest BCUT2D eigenvalue weighted by Crippen LogP contribution is 2.39. The zero-order chi connectivity index (χ0) is 18.8. The van der Waals surface area contributed by atoms with E-state index in [1.165, 1.54) is 24.3 Å². The van der Waals surface area contributed by atoms with E-state index >= 15 is 0 Å². The molecular weight excluding hydrogens is 397 g/mol. The maximum Gasteiger partial charge on any atom is 0.331 e. The van der Waals surface area contributed by atoms with E-state index in [0.29, 0.717) is 5.56 Å². The molecule has 0 unspecified atom stereocenters. The highest BCUT2D eigenvalue weighted by molar-refractivity contribution is 8.26. The number of benzene rings is 2. The van der Waals surface area contributed by atoms with Crippen molar-refractivity contribution in [2.75, 3.05) is 0 Å². The average molecular weight is 408 g/mol. The topological polar surface area (TPSA) is 57.6 Å². The van der Waals surface area contributed by atoms with Crippen LogP contribution >= 0.6 is 35.6 Å². The molecule has 2 aromatic carbocycles. The van der Waals surface area contributed by atoms with Gasteiger partial charge in [0.2, 0.25) is 0 Å². The molecule has 132 valence electrons. The third-order valence-electron chi connectivity index (χ3n) is 3.71. The normalized spacial score (nSPS) is 17.0. The van der Waals surface area contributed by atoms with Gasteiger partial charge in [0.25, 0.3) is 5.91 Å². The summed E-state index contributed by atoms with van der Waals surface area (Å²) in [5.74, 6) is -2.39. The predicted molar refractivity (Wildman–Crippen MR) is 103 cm³/mol. The molecule has 0 spiro atoms. The third kappa shape index (κ3) is 3.51. The number of thioether (sulfide) groups is 1. The summed E-state index contributed by atoms with van der Waals surface area (Å²) in [6.07, 6.45) is 1.29. The second kappa shape index (κ2) is 7.57. The number of carboxylic acid groups (broad SMARTS) is 1. The molecular formula is C18H11ClFNO3S2. The maximum atomic E-state index is 14.0. The molecule has 1 fully saturated rings. The van der Waals surface area contributed by atoms with Crippen LogP contribution in [-0.4, -0.2) is 26.2 Å². The van der Waals surface area contributed by atoms with Crippen molar-refractivity contribution in [2.24, 2.45) is 0 Å². The summed E-state index contributed by atoms with van der Waals surface area (Å²) in [6, 6.07) is 11.2. The van der Waals surface area contributed by atoms with Gasteiger partial charge in [-0.25, -0.2) is 9.18 Å². The van der Waals surface area contributed by atoms with E-state index in [1.54, 1.807) is 30.3 Å². The predicted octanol–water partition coefficient (Wildman–Crippen LogP) is 4.51. The van der Waals surface area contributed by atoms with Crippen LogP contribution in [0.2, 0.25) is 5.02 Å². The molecule has 0 saturated carbocycles. The summed E-state index contributed by atoms with van der Waals surface area (Å²) in [5.41, 5.74) is 0.475. The first kappa shape index (κ1) is 18.6. The number of aliphatic carboxylic acids is 1. The minimum atomic E-state index is -1.26. The number of rotatable bonds is 4. The highest BCUT2D eigenvalue weighted by Gasteiger charge is 2.41. The smallest absolute Gasteiger partial charge is 0.331 e. The lowest BCUT2D eigenvalue weighted by Gasteiger charge is -2.23. The van der Waals surface area contributed by atoms with Gasteiger partial charge in [0, 0.05) is 5.56 Å². The molecule has 3 rings (SSSR count). The Kier molecular flexibility index (Phi) is 5.41. The summed E-state index contributed by atoms with van der Waals surface area (Å²) >= 11 is 12.1. The van der Waals surface area contributed by atoms with Crippen molar-refractivity contribution in [3.63, 3.8) is 0 Å². The Morgan fingerprint density at radius 2 is 1.92 bits per heavy atom. The van der Waals surface area contributed by atoms with Crippen molar-refractivity contribution in [1.82, 2.24) is 4.90 Å². The Morgan fingerprint density at radius 1 is 1.23 bits per heavy atom. The summed E-state index contributed by atoms with van der Waals surface area (Å²) in [7, 11) is 0. The molecule has 0 radical (unpaired) electrons. The molecule has 1 N–H and O–H groups in total. The molecule has 1 heterocycles. The van der Waals surface area contributed by atoms with E-state index in [2.05, 4.69) is 0 Å². The van der Waals surface area contributed by atoms with Crippen LogP contribution in [0.25, 0.3) is 6.08 Å². The first-order chi connectivity index (χ1) is 12.4. The Labute approximate surface area is 163 Å². The first-order valence-corrected chi connectivity index (χ1v) is 8.99. The van der Waals surface area contributed by atoms with Crippen molar-refractivity contribution in [2.45, 2.75) is 6.04 Å². The molecule has 1 atom stereocenters. The van der Waals surface area contributed by atoms with Crippen LogP contribution < -0.4 is 0 Å². The van der Waals surface area contributed by atoms with Gasteiger partial charge in [-0.3, -0.25) is 9.69 Å². The molecule has 1 aliphatic heterocycles. The second-order valence-electron chi connectivity index (χ2n) is 5.34. The number of amides is 1. The summed E-state index contributed by atoms with van der Waals surface area (Å²) in [6.45, 7) is 0. The van der Waals surface area contributed by atoms with E-state index < -0.39 is 23.7 Å². The van der Waals surface area contributed by atoms with Crippen molar-refractivity contribution in [3.8, 4) is 0 Å². The number of hydrogen-bond donors (Lipinski definition) is 1. The van der Waals surface area contributed by atoms with E-state index in [9.17, 15) is 19.1 Å². The number of hydrogen-bond acceptors (Lipinski definition) is 4. The van der Waals surface area contributed by atoms with Crippen LogP contribution in [0.5, 0.6) is 0 Å². The Morgan fingerprint density at radius 3 is 2.54 bits per heavy atom. The summed E-state index contributed by atoms with van der Waals surface area (Å²) in [5, 5.41) is 9.77. The van der Waals surface area contributed by atoms with E-state index in [0.717, 1.165) is 16.7 Å². The van der Waals surface area contributed by atoms with Gasteiger partial charge in [-0.2, -0.15) is 0 Å². The zero-order valence-corrected chi connectivity index (χ0v) is 15.4. The Balaban J connectivity index is 2.01. The van der Waals surface area contributed by atoms with Gasteiger partial charge in [-0.05, 0) is 23.8 Å². The van der Waals surface area contributed by atoms with Crippen molar-refractivity contribution >= 4 is 57.9 Å². The van der Waals surface area contributed by atoms with Gasteiger partial charge < -0.3 is 5.11 Å². The van der Waals surface area contributed by atoms with Crippen molar-refractivity contribution < 1.29 is 19.1 Å². The van der Waals surface area contributed by atoms with E-state index in [4.69, 9.17) is 23.8 Å². The van der Waals surface area contributed by atoms with Gasteiger partial charge in [-0.15, -0.1) is 0 Å². The van der Waals surface area contributed by atoms with Crippen LogP contribution in [0.1, 0.15) is 17.2 Å². The average Bonchev–Trinajstić information content (AvgIpc) is 2.87. The first-order valence-electron chi connectivity index (χ1n) is 7.39. The minimum Gasteiger partial charge on any atom is -0.479 e. The van der Waals surface area contributed by atoms with E-state index in [-0.39, 0.29) is 19.8 Å². The Hall–Kier alpha value is -2.22. The molecule has 2 aromatic rings. The molecule has 1 aliphatic rings. The monoisotopic (exact) mass is 407 g/mol. The van der Waals surface area contributed by atoms with E-state index in [1.807, 2.05) is 0 Å². The van der Waals surface area contributed by atoms with Crippen LogP contribution in [-0.2, 0) is 9.59 Å². The van der Waals surface area contributed by atoms with Gasteiger partial charge in [-0.1, -0.05) is 72.0 Å². The van der Waals surface area contributed by atoms with Gasteiger partial charge in [0.15, 0.2) is 6.04 Å². The fourth-order valence-corrected chi connectivity index (χ4v) is 4.03. The number of thiocarbonyl (C=S) groups is 1. The molecule has 0 aliphatic carbocycles. The lowest BCUT2D eigenvalue weighted by molar-refractivity contribution is -0.145. The number of carboxylic acids is 1. The van der Waals surface area contributed by atoms with Crippen LogP contribution in [0.4, 0.5) is 4.39 Å². The van der Waals surface area contributed by atoms with Gasteiger partial charge in [0.1, 0.15) is 10.1 Å². The van der Waals surface area contributed by atoms with Gasteiger partial charge in [0.05, 0.1) is 9.93 Å². The maximum absolute atomic E-state index is 14.0. The lowest BCUT2D eigenvalue weighted by Crippen LogP contribution is -2.37. The zero-order valence-electron chi connectivity index (χ0n) is 13.1. The number of carbonyl (C=O) groups is 2. The molecule has 1 amide bonds. The molecule has 4 nitrogen and oxygen atoms in total. The second-order valence-corrected chi connectivity index (χ2v) is 7.42. The molecule has 8 heteroatoms. The molecule has 0 bridgehead atoms. The highest BCUT2D eigenvalue weighted by atomic mass is 35.5. The van der Waals surface area contributed by atoms with Crippen LogP contribution in [0.3, 0.4) is 0 Å². The number of carbonyl (C=O) groups excluding carboxylic acids is 1. The van der Waals surface area contributed by atoms with Crippen LogP contribution in [0.15, 0.2) is 53.4 Å². The van der Waals surface area contributed by atoms with Crippen molar-refractivity contribution in [1.29, 1.82) is 0 Å². The summed E-state index contributed by atoms with van der Waals surface area (Å²) < 4.78 is 14.1. The quantitative estimate of drug-likeness (QED) is 0.597. The minimum absolute atomic E-state index is 0.0567. The van der Waals surface area contributed by atoms with Crippen LogP contribution in [0, 0.1) is 5.82 Å². The Bertz CT molecular complexity index is 913.